The summed E-state index contributed by atoms with van der Waals surface area (Å²) in [7, 11) is -1.35. The summed E-state index contributed by atoms with van der Waals surface area (Å²) in [5.74, 6) is 0.0448. The van der Waals surface area contributed by atoms with Crippen molar-refractivity contribution in [3.63, 3.8) is 0 Å². The van der Waals surface area contributed by atoms with Gasteiger partial charge in [0.05, 0.1) is 11.9 Å². The van der Waals surface area contributed by atoms with E-state index in [0.717, 1.165) is 31.5 Å². The molecular weight excluding hydrogens is 314 g/mol. The number of fused-ring (bicyclic) bond motifs is 1. The maximum atomic E-state index is 12.8. The van der Waals surface area contributed by atoms with Crippen LogP contribution in [-0.2, 0) is 16.4 Å². The van der Waals surface area contributed by atoms with E-state index >= 15 is 0 Å². The summed E-state index contributed by atoms with van der Waals surface area (Å²) < 4.78 is 25.0. The van der Waals surface area contributed by atoms with Crippen LogP contribution < -0.4 is 9.62 Å². The predicted molar refractivity (Wildman–Crippen MR) is 90.3 cm³/mol. The Morgan fingerprint density at radius 3 is 2.83 bits per heavy atom. The molecule has 1 saturated heterocycles. The van der Waals surface area contributed by atoms with Crippen molar-refractivity contribution in [1.29, 1.82) is 0 Å². The zero-order chi connectivity index (χ0) is 16.6. The zero-order valence-electron chi connectivity index (χ0n) is 13.6. The van der Waals surface area contributed by atoms with Crippen LogP contribution >= 0.6 is 0 Å². The van der Waals surface area contributed by atoms with Gasteiger partial charge < -0.3 is 10.2 Å². The van der Waals surface area contributed by atoms with Crippen molar-refractivity contribution in [1.82, 2.24) is 10.2 Å². The summed E-state index contributed by atoms with van der Waals surface area (Å²) in [5.41, 5.74) is 2.30. The molecule has 0 radical (unpaired) electrons. The molecule has 0 saturated carbocycles. The number of nitrogens with one attached hydrogen (secondary N) is 1. The van der Waals surface area contributed by atoms with E-state index in [2.05, 4.69) is 5.32 Å². The lowest BCUT2D eigenvalue weighted by Crippen LogP contribution is -2.40. The molecule has 2 aliphatic heterocycles. The minimum atomic E-state index is -3.25. The van der Waals surface area contributed by atoms with Crippen molar-refractivity contribution in [3.05, 3.63) is 29.3 Å². The quantitative estimate of drug-likeness (QED) is 0.884. The lowest BCUT2D eigenvalue weighted by atomic mass is 10.1. The Bertz CT molecular complexity index is 717. The summed E-state index contributed by atoms with van der Waals surface area (Å²) in [4.78, 5) is 14.7. The Kier molecular flexibility index (Phi) is 4.33. The lowest BCUT2D eigenvalue weighted by Gasteiger charge is -2.25. The number of carbonyl (C=O) groups is 1. The predicted octanol–water partition coefficient (Wildman–Crippen LogP) is 0.833. The molecule has 2 aliphatic rings. The van der Waals surface area contributed by atoms with Gasteiger partial charge in [-0.25, -0.2) is 8.42 Å². The smallest absolute Gasteiger partial charge is 0.254 e. The van der Waals surface area contributed by atoms with Crippen molar-refractivity contribution in [3.8, 4) is 0 Å². The van der Waals surface area contributed by atoms with Gasteiger partial charge in [-0.3, -0.25) is 9.10 Å². The molecule has 3 rings (SSSR count). The average molecular weight is 337 g/mol. The van der Waals surface area contributed by atoms with Gasteiger partial charge in [0, 0.05) is 31.2 Å². The Morgan fingerprint density at radius 2 is 2.13 bits per heavy atom. The molecule has 0 bridgehead atoms. The standard InChI is InChI=1S/C16H23N3O3S/c1-17-11-14-4-3-8-18(14)16(20)13-5-6-15-12(10-13)7-9-19(15)23(2,21)22/h5-6,10,14,17H,3-4,7-9,11H2,1-2H3. The number of rotatable bonds is 4. The molecule has 1 amide bonds. The number of likely N-dealkylation sites (N-methyl/N-ethyl adjacent to an activating group) is 1. The molecule has 1 fully saturated rings. The van der Waals surface area contributed by atoms with E-state index in [1.807, 2.05) is 18.0 Å². The van der Waals surface area contributed by atoms with Crippen molar-refractivity contribution in [2.45, 2.75) is 25.3 Å². The van der Waals surface area contributed by atoms with E-state index < -0.39 is 10.0 Å². The third kappa shape index (κ3) is 3.07. The molecule has 7 heteroatoms. The first kappa shape index (κ1) is 16.3. The average Bonchev–Trinajstić information content (AvgIpc) is 3.11. The fraction of sp³-hybridized carbons (Fsp3) is 0.562. The lowest BCUT2D eigenvalue weighted by molar-refractivity contribution is 0.0737. The van der Waals surface area contributed by atoms with Crippen molar-refractivity contribution < 1.29 is 13.2 Å². The highest BCUT2D eigenvalue weighted by atomic mass is 32.2. The van der Waals surface area contributed by atoms with Crippen LogP contribution in [0.25, 0.3) is 0 Å². The van der Waals surface area contributed by atoms with E-state index in [1.165, 1.54) is 10.6 Å². The molecule has 1 aromatic rings. The van der Waals surface area contributed by atoms with Crippen LogP contribution in [0.3, 0.4) is 0 Å². The molecular formula is C16H23N3O3S. The highest BCUT2D eigenvalue weighted by Gasteiger charge is 2.31. The Labute approximate surface area is 137 Å². The second-order valence-corrected chi connectivity index (χ2v) is 8.19. The third-order valence-corrected chi connectivity index (χ3v) is 5.84. The van der Waals surface area contributed by atoms with E-state index in [-0.39, 0.29) is 11.9 Å². The van der Waals surface area contributed by atoms with Crippen LogP contribution in [0.2, 0.25) is 0 Å². The zero-order valence-corrected chi connectivity index (χ0v) is 14.4. The van der Waals surface area contributed by atoms with Crippen LogP contribution in [0.4, 0.5) is 5.69 Å². The fourth-order valence-electron chi connectivity index (χ4n) is 3.57. The molecule has 1 unspecified atom stereocenters. The highest BCUT2D eigenvalue weighted by Crippen LogP contribution is 2.31. The van der Waals surface area contributed by atoms with Crippen molar-refractivity contribution in [2.75, 3.05) is 37.2 Å². The first-order valence-electron chi connectivity index (χ1n) is 7.98. The van der Waals surface area contributed by atoms with Crippen LogP contribution in [0.15, 0.2) is 18.2 Å². The Balaban J connectivity index is 1.84. The van der Waals surface area contributed by atoms with E-state index in [9.17, 15) is 13.2 Å². The first-order valence-corrected chi connectivity index (χ1v) is 9.83. The molecule has 0 spiro atoms. The second-order valence-electron chi connectivity index (χ2n) is 6.28. The number of carbonyl (C=O) groups excluding carboxylic acids is 1. The number of hydrogen-bond acceptors (Lipinski definition) is 4. The third-order valence-electron chi connectivity index (χ3n) is 4.66. The van der Waals surface area contributed by atoms with Crippen LogP contribution in [0.1, 0.15) is 28.8 Å². The number of benzene rings is 1. The van der Waals surface area contributed by atoms with Crippen LogP contribution in [0.5, 0.6) is 0 Å². The minimum Gasteiger partial charge on any atom is -0.334 e. The van der Waals surface area contributed by atoms with Crippen LogP contribution in [0, 0.1) is 0 Å². The number of sulfonamides is 1. The van der Waals surface area contributed by atoms with Gasteiger partial charge in [0.2, 0.25) is 10.0 Å². The first-order chi connectivity index (χ1) is 10.9. The van der Waals surface area contributed by atoms with Crippen molar-refractivity contribution >= 4 is 21.6 Å². The molecule has 1 N–H and O–H groups in total. The molecule has 1 aromatic carbocycles. The van der Waals surface area contributed by atoms with Gasteiger partial charge in [-0.05, 0) is 50.1 Å². The van der Waals surface area contributed by atoms with E-state index in [1.54, 1.807) is 12.1 Å². The van der Waals surface area contributed by atoms with Gasteiger partial charge in [-0.15, -0.1) is 0 Å². The van der Waals surface area contributed by atoms with Gasteiger partial charge in [-0.2, -0.15) is 0 Å². The van der Waals surface area contributed by atoms with Crippen LogP contribution in [-0.4, -0.2) is 58.2 Å². The van der Waals surface area contributed by atoms with Gasteiger partial charge in [0.1, 0.15) is 0 Å². The molecule has 0 aliphatic carbocycles. The molecule has 1 atom stereocenters. The Hall–Kier alpha value is -1.60. The SMILES string of the molecule is CNCC1CCCN1C(=O)c1ccc2c(c1)CCN2S(C)(=O)=O. The summed E-state index contributed by atoms with van der Waals surface area (Å²) >= 11 is 0. The number of nitrogens with zero attached hydrogens (tertiary/aromatic N) is 2. The maximum Gasteiger partial charge on any atom is 0.254 e. The summed E-state index contributed by atoms with van der Waals surface area (Å²) in [6, 6.07) is 5.62. The fourth-order valence-corrected chi connectivity index (χ4v) is 4.52. The second kappa shape index (κ2) is 6.13. The normalized spacial score (nSPS) is 20.9. The number of likely N-dealkylation sites (tertiary alicyclic amines) is 1. The topological polar surface area (TPSA) is 69.7 Å². The highest BCUT2D eigenvalue weighted by molar-refractivity contribution is 7.92. The largest absolute Gasteiger partial charge is 0.334 e. The number of hydrogen-bond donors (Lipinski definition) is 1. The van der Waals surface area contributed by atoms with Gasteiger partial charge >= 0.3 is 0 Å². The Morgan fingerprint density at radius 1 is 1.35 bits per heavy atom. The van der Waals surface area contributed by atoms with E-state index in [4.69, 9.17) is 0 Å². The van der Waals surface area contributed by atoms with Gasteiger partial charge in [0.25, 0.3) is 5.91 Å². The number of anilines is 1. The van der Waals surface area contributed by atoms with Crippen molar-refractivity contribution in [2.24, 2.45) is 0 Å². The summed E-state index contributed by atoms with van der Waals surface area (Å²) in [5, 5.41) is 3.14. The molecule has 0 aromatic heterocycles. The van der Waals surface area contributed by atoms with E-state index in [0.29, 0.717) is 24.2 Å². The molecule has 126 valence electrons. The minimum absolute atomic E-state index is 0.0448. The number of amides is 1. The monoisotopic (exact) mass is 337 g/mol. The molecule has 23 heavy (non-hydrogen) atoms. The summed E-state index contributed by atoms with van der Waals surface area (Å²) in [6.45, 7) is 2.05. The van der Waals surface area contributed by atoms with Gasteiger partial charge in [-0.1, -0.05) is 0 Å². The molecule has 6 nitrogen and oxygen atoms in total. The molecule has 2 heterocycles. The van der Waals surface area contributed by atoms with Gasteiger partial charge in [0.15, 0.2) is 0 Å². The maximum absolute atomic E-state index is 12.8. The summed E-state index contributed by atoms with van der Waals surface area (Å²) in [6.07, 6.45) is 3.93.